The number of aliphatic hydroxyl groups is 1. The maximum absolute atomic E-state index is 13.0. The van der Waals surface area contributed by atoms with Gasteiger partial charge in [0, 0.05) is 22.6 Å². The van der Waals surface area contributed by atoms with E-state index in [2.05, 4.69) is 11.7 Å². The second kappa shape index (κ2) is 8.47. The minimum absolute atomic E-state index is 0.00282. The molecule has 2 aromatic carbocycles. The summed E-state index contributed by atoms with van der Waals surface area (Å²) >= 11 is 12.6. The third kappa shape index (κ3) is 3.79. The van der Waals surface area contributed by atoms with Crippen molar-refractivity contribution >= 4 is 52.7 Å². The van der Waals surface area contributed by atoms with Gasteiger partial charge in [-0.1, -0.05) is 23.2 Å². The van der Waals surface area contributed by atoms with E-state index in [-0.39, 0.29) is 16.3 Å². The van der Waals surface area contributed by atoms with E-state index >= 15 is 0 Å². The van der Waals surface area contributed by atoms with E-state index in [0.29, 0.717) is 27.2 Å². The number of rotatable bonds is 6. The van der Waals surface area contributed by atoms with Gasteiger partial charge in [-0.15, -0.1) is 0 Å². The van der Waals surface area contributed by atoms with Gasteiger partial charge in [0.2, 0.25) is 6.04 Å². The molecule has 0 aliphatic rings. The molecule has 0 unspecified atom stereocenters. The maximum Gasteiger partial charge on any atom is 0.435 e. The van der Waals surface area contributed by atoms with Crippen LogP contribution in [0.15, 0.2) is 30.3 Å². The lowest BCUT2D eigenvalue weighted by Gasteiger charge is -2.13. The number of hydrogen-bond donors (Lipinski definition) is 3. The Morgan fingerprint density at radius 2 is 1.97 bits per heavy atom. The summed E-state index contributed by atoms with van der Waals surface area (Å²) in [7, 11) is 1.53. The summed E-state index contributed by atoms with van der Waals surface area (Å²) in [4.78, 5) is 27.1. The first-order valence-corrected chi connectivity index (χ1v) is 9.58. The zero-order valence-electron chi connectivity index (χ0n) is 16.2. The largest absolute Gasteiger partial charge is 0.496 e. The van der Waals surface area contributed by atoms with Gasteiger partial charge in [0.05, 0.1) is 28.2 Å². The number of benzene rings is 2. The number of carbonyl (C=O) groups is 2. The standard InChI is InChI=1S/C21H18Cl2N2O5/c1-10-18(30-3)8-15-13(19(10)23)7-16(24-15)20(27)25(2)17(9-26)12-5-4-11(21(28)29)6-14(12)22/h4-8,17,26H,2,9H2,1,3H3,(H-,24,27,28,29)/p+1/t17-/m1/s1. The Bertz CT molecular complexity index is 1190. The minimum atomic E-state index is -1.13. The Kier molecular flexibility index (Phi) is 6.17. The van der Waals surface area contributed by atoms with Crippen LogP contribution in [-0.4, -0.2) is 52.1 Å². The van der Waals surface area contributed by atoms with Crippen molar-refractivity contribution in [2.24, 2.45) is 0 Å². The number of carboxylic acids is 1. The molecule has 1 heterocycles. The number of nitrogens with one attached hydrogen (secondary N) is 1. The van der Waals surface area contributed by atoms with E-state index in [1.165, 1.54) is 25.3 Å². The molecule has 0 aliphatic carbocycles. The molecule has 0 radical (unpaired) electrons. The number of nitrogens with zero attached hydrogens (tertiary/aromatic N) is 1. The van der Waals surface area contributed by atoms with Gasteiger partial charge >= 0.3 is 11.9 Å². The molecule has 0 spiro atoms. The molecule has 3 N–H and O–H groups in total. The minimum Gasteiger partial charge on any atom is -0.496 e. The number of ether oxygens (including phenoxy) is 1. The number of H-pyrrole nitrogens is 1. The Morgan fingerprint density at radius 3 is 2.53 bits per heavy atom. The Labute approximate surface area is 182 Å². The number of carboxylic acid groups (broad SMARTS) is 1. The second-order valence-electron chi connectivity index (χ2n) is 6.68. The summed E-state index contributed by atoms with van der Waals surface area (Å²) in [6, 6.07) is 6.53. The Balaban J connectivity index is 1.99. The fraction of sp³-hybridized carbons (Fsp3) is 0.190. The van der Waals surface area contributed by atoms with Crippen molar-refractivity contribution in [2.75, 3.05) is 13.7 Å². The van der Waals surface area contributed by atoms with Crippen LogP contribution in [0.25, 0.3) is 10.9 Å². The molecule has 1 aromatic heterocycles. The Hall–Kier alpha value is -2.87. The van der Waals surface area contributed by atoms with Gasteiger partial charge in [0.1, 0.15) is 19.1 Å². The SMILES string of the molecule is C=[N+](C(=O)c1cc2c(Cl)c(C)c(OC)cc2[nH]1)[C@H](CO)c1ccc(C(=O)O)cc1Cl. The average Bonchev–Trinajstić information content (AvgIpc) is 3.15. The highest BCUT2D eigenvalue weighted by Gasteiger charge is 2.32. The summed E-state index contributed by atoms with van der Waals surface area (Å²) in [5.41, 5.74) is 1.95. The van der Waals surface area contributed by atoms with Gasteiger partial charge in [-0.05, 0) is 31.2 Å². The van der Waals surface area contributed by atoms with Crippen LogP contribution in [0.4, 0.5) is 0 Å². The van der Waals surface area contributed by atoms with E-state index in [1.54, 1.807) is 12.1 Å². The lowest BCUT2D eigenvalue weighted by atomic mass is 10.0. The first-order valence-electron chi connectivity index (χ1n) is 8.83. The van der Waals surface area contributed by atoms with Crippen LogP contribution in [0.3, 0.4) is 0 Å². The predicted molar refractivity (Wildman–Crippen MR) is 115 cm³/mol. The molecule has 0 fully saturated rings. The van der Waals surface area contributed by atoms with Crippen LogP contribution in [0.1, 0.15) is 38.0 Å². The molecule has 3 aromatic rings. The normalized spacial score (nSPS) is 12.0. The van der Waals surface area contributed by atoms with Gasteiger partial charge in [-0.3, -0.25) is 0 Å². The fourth-order valence-corrected chi connectivity index (χ4v) is 3.79. The topological polar surface area (TPSA) is 103 Å². The van der Waals surface area contributed by atoms with Gasteiger partial charge < -0.3 is 19.9 Å². The predicted octanol–water partition coefficient (Wildman–Crippen LogP) is 4.08. The van der Waals surface area contributed by atoms with Crippen LogP contribution >= 0.6 is 23.2 Å². The molecule has 0 saturated heterocycles. The summed E-state index contributed by atoms with van der Waals surface area (Å²) in [6.07, 6.45) is 0. The number of hydrogen-bond acceptors (Lipinski definition) is 4. The molecule has 7 nitrogen and oxygen atoms in total. The zero-order valence-corrected chi connectivity index (χ0v) is 17.7. The van der Waals surface area contributed by atoms with Crippen molar-refractivity contribution < 1.29 is 29.1 Å². The molecular formula is C21H19Cl2N2O5+. The number of carbonyl (C=O) groups excluding carboxylic acids is 1. The van der Waals surface area contributed by atoms with Crippen molar-refractivity contribution in [3.05, 3.63) is 62.8 Å². The molecule has 1 atom stereocenters. The first-order chi connectivity index (χ1) is 14.2. The quantitative estimate of drug-likeness (QED) is 0.388. The number of aromatic carboxylic acids is 1. The number of aromatic amines is 1. The highest BCUT2D eigenvalue weighted by Crippen LogP contribution is 2.35. The molecule has 9 heteroatoms. The number of aliphatic hydroxyl groups excluding tert-OH is 1. The van der Waals surface area contributed by atoms with Crippen LogP contribution in [0.5, 0.6) is 5.75 Å². The number of amides is 1. The van der Waals surface area contributed by atoms with Crippen molar-refractivity contribution in [3.8, 4) is 5.75 Å². The summed E-state index contributed by atoms with van der Waals surface area (Å²) in [5.74, 6) is -1.05. The molecule has 0 aliphatic heterocycles. The summed E-state index contributed by atoms with van der Waals surface area (Å²) < 4.78 is 6.39. The second-order valence-corrected chi connectivity index (χ2v) is 7.46. The van der Waals surface area contributed by atoms with Gasteiger partial charge in [-0.25, -0.2) is 9.59 Å². The molecular weight excluding hydrogens is 431 g/mol. The van der Waals surface area contributed by atoms with E-state index in [4.69, 9.17) is 33.0 Å². The van der Waals surface area contributed by atoms with Crippen molar-refractivity contribution in [1.29, 1.82) is 0 Å². The third-order valence-electron chi connectivity index (χ3n) is 4.93. The van der Waals surface area contributed by atoms with E-state index in [0.717, 1.165) is 10.1 Å². The zero-order chi connectivity index (χ0) is 22.2. The Morgan fingerprint density at radius 1 is 1.27 bits per heavy atom. The van der Waals surface area contributed by atoms with Gasteiger partial charge in [-0.2, -0.15) is 4.58 Å². The summed E-state index contributed by atoms with van der Waals surface area (Å²) in [5, 5.41) is 20.2. The molecule has 156 valence electrons. The number of aromatic nitrogens is 1. The summed E-state index contributed by atoms with van der Waals surface area (Å²) in [6.45, 7) is 5.13. The lowest BCUT2D eigenvalue weighted by Crippen LogP contribution is -2.27. The highest BCUT2D eigenvalue weighted by atomic mass is 35.5. The average molecular weight is 450 g/mol. The smallest absolute Gasteiger partial charge is 0.435 e. The van der Waals surface area contributed by atoms with Crippen LogP contribution < -0.4 is 4.74 Å². The van der Waals surface area contributed by atoms with Crippen molar-refractivity contribution in [2.45, 2.75) is 13.0 Å². The number of halogens is 2. The maximum atomic E-state index is 13.0. The lowest BCUT2D eigenvalue weighted by molar-refractivity contribution is -0.474. The molecule has 0 saturated carbocycles. The number of fused-ring (bicyclic) bond motifs is 1. The highest BCUT2D eigenvalue weighted by molar-refractivity contribution is 6.36. The van der Waals surface area contributed by atoms with Gasteiger partial charge in [0.25, 0.3) is 0 Å². The van der Waals surface area contributed by atoms with E-state index in [1.807, 2.05) is 6.92 Å². The third-order valence-corrected chi connectivity index (χ3v) is 5.74. The molecule has 1 amide bonds. The monoisotopic (exact) mass is 449 g/mol. The molecule has 3 rings (SSSR count). The molecule has 0 bridgehead atoms. The van der Waals surface area contributed by atoms with Crippen molar-refractivity contribution in [3.63, 3.8) is 0 Å². The van der Waals surface area contributed by atoms with E-state index < -0.39 is 24.5 Å². The number of methoxy groups -OCH3 is 1. The molecule has 30 heavy (non-hydrogen) atoms. The van der Waals surface area contributed by atoms with Crippen LogP contribution in [0, 0.1) is 6.92 Å². The van der Waals surface area contributed by atoms with Crippen LogP contribution in [-0.2, 0) is 0 Å². The van der Waals surface area contributed by atoms with E-state index in [9.17, 15) is 14.7 Å². The van der Waals surface area contributed by atoms with Gasteiger partial charge in [0.15, 0.2) is 5.69 Å². The fourth-order valence-electron chi connectivity index (χ4n) is 3.23. The van der Waals surface area contributed by atoms with Crippen LogP contribution in [0.2, 0.25) is 10.0 Å². The van der Waals surface area contributed by atoms with Crippen molar-refractivity contribution in [1.82, 2.24) is 4.98 Å². The first kappa shape index (κ1) is 21.8.